The minimum atomic E-state index is -0.438. The van der Waals surface area contributed by atoms with Gasteiger partial charge >= 0.3 is 0 Å². The van der Waals surface area contributed by atoms with Gasteiger partial charge in [-0.2, -0.15) is 0 Å². The quantitative estimate of drug-likeness (QED) is 0.854. The van der Waals surface area contributed by atoms with Crippen LogP contribution in [-0.4, -0.2) is 25.0 Å². The summed E-state index contributed by atoms with van der Waals surface area (Å²) in [4.78, 5) is 0. The zero-order valence-electron chi connectivity index (χ0n) is 10.8. The van der Waals surface area contributed by atoms with E-state index in [4.69, 9.17) is 13.9 Å². The molecule has 1 aromatic rings. The summed E-state index contributed by atoms with van der Waals surface area (Å²) in [6.07, 6.45) is 1.07. The summed E-state index contributed by atoms with van der Waals surface area (Å²) in [6.45, 7) is 8.13. The number of ether oxygens (including phenoxy) is 2. The Kier molecular flexibility index (Phi) is 3.86. The maximum atomic E-state index is 5.70. The molecule has 1 atom stereocenters. The van der Waals surface area contributed by atoms with Crippen molar-refractivity contribution in [3.8, 4) is 0 Å². The van der Waals surface area contributed by atoms with Crippen molar-refractivity contribution in [1.82, 2.24) is 5.32 Å². The molecule has 1 aromatic heterocycles. The number of hydrogen-bond acceptors (Lipinski definition) is 4. The molecule has 2 heterocycles. The summed E-state index contributed by atoms with van der Waals surface area (Å²) in [7, 11) is 0. The fourth-order valence-electron chi connectivity index (χ4n) is 1.93. The van der Waals surface area contributed by atoms with E-state index in [1.807, 2.05) is 26.0 Å². The predicted molar refractivity (Wildman–Crippen MR) is 64.7 cm³/mol. The Labute approximate surface area is 102 Å². The fourth-order valence-corrected chi connectivity index (χ4v) is 1.93. The van der Waals surface area contributed by atoms with Crippen LogP contribution in [-0.2, 0) is 22.4 Å². The molecule has 0 spiro atoms. The van der Waals surface area contributed by atoms with Crippen molar-refractivity contribution in [2.45, 2.75) is 45.6 Å². The molecule has 0 aliphatic carbocycles. The minimum absolute atomic E-state index is 0.130. The summed E-state index contributed by atoms with van der Waals surface area (Å²) in [5.74, 6) is 1.57. The van der Waals surface area contributed by atoms with E-state index in [0.29, 0.717) is 6.61 Å². The summed E-state index contributed by atoms with van der Waals surface area (Å²) < 4.78 is 16.8. The normalized spacial score (nSPS) is 23.1. The lowest BCUT2D eigenvalue weighted by Gasteiger charge is -2.17. The van der Waals surface area contributed by atoms with Crippen molar-refractivity contribution >= 4 is 0 Å². The zero-order valence-corrected chi connectivity index (χ0v) is 10.8. The van der Waals surface area contributed by atoms with E-state index in [9.17, 15) is 0 Å². The fraction of sp³-hybridized carbons (Fsp3) is 0.692. The maximum Gasteiger partial charge on any atom is 0.163 e. The van der Waals surface area contributed by atoms with Crippen LogP contribution >= 0.6 is 0 Å². The summed E-state index contributed by atoms with van der Waals surface area (Å²) >= 11 is 0. The Morgan fingerprint density at radius 1 is 1.35 bits per heavy atom. The van der Waals surface area contributed by atoms with Crippen molar-refractivity contribution in [2.75, 3.05) is 13.2 Å². The summed E-state index contributed by atoms with van der Waals surface area (Å²) in [6, 6.07) is 4.04. The van der Waals surface area contributed by atoms with Crippen LogP contribution in [0.5, 0.6) is 0 Å². The lowest BCUT2D eigenvalue weighted by atomic mass is 10.3. The number of hydrogen-bond donors (Lipinski definition) is 1. The second-order valence-electron chi connectivity index (χ2n) is 4.80. The van der Waals surface area contributed by atoms with Gasteiger partial charge in [0.25, 0.3) is 0 Å². The van der Waals surface area contributed by atoms with Gasteiger partial charge in [0.1, 0.15) is 11.5 Å². The molecule has 1 N–H and O–H groups in total. The second-order valence-corrected chi connectivity index (χ2v) is 4.80. The van der Waals surface area contributed by atoms with Gasteiger partial charge in [0.05, 0.1) is 19.3 Å². The second kappa shape index (κ2) is 5.21. The van der Waals surface area contributed by atoms with Crippen LogP contribution in [0, 0.1) is 0 Å². The molecular formula is C13H21NO3. The first-order valence-electron chi connectivity index (χ1n) is 6.19. The molecule has 4 heteroatoms. The number of aryl methyl sites for hydroxylation is 1. The average Bonchev–Trinajstić information content (AvgIpc) is 2.85. The molecule has 0 radical (unpaired) electrons. The van der Waals surface area contributed by atoms with Crippen LogP contribution < -0.4 is 5.32 Å². The Hall–Kier alpha value is -0.840. The molecule has 0 aromatic carbocycles. The van der Waals surface area contributed by atoms with E-state index in [0.717, 1.165) is 31.0 Å². The topological polar surface area (TPSA) is 43.6 Å². The Bertz CT molecular complexity index is 359. The number of furan rings is 1. The molecule has 96 valence electrons. The standard InChI is InChI=1S/C13H21NO3/c1-4-10-5-6-11(16-10)7-14-8-12-9-15-13(2,3)17-12/h5-6,12,14H,4,7-9H2,1-3H3. The van der Waals surface area contributed by atoms with Crippen LogP contribution in [0.15, 0.2) is 16.5 Å². The summed E-state index contributed by atoms with van der Waals surface area (Å²) in [5, 5.41) is 3.32. The van der Waals surface area contributed by atoms with Gasteiger partial charge in [-0.05, 0) is 26.0 Å². The first-order chi connectivity index (χ1) is 8.09. The Balaban J connectivity index is 1.69. The molecule has 1 unspecified atom stereocenters. The third-order valence-electron chi connectivity index (χ3n) is 2.80. The van der Waals surface area contributed by atoms with E-state index in [-0.39, 0.29) is 6.10 Å². The number of rotatable bonds is 5. The van der Waals surface area contributed by atoms with Crippen LogP contribution in [0.1, 0.15) is 32.3 Å². The Morgan fingerprint density at radius 3 is 2.71 bits per heavy atom. The van der Waals surface area contributed by atoms with Crippen molar-refractivity contribution in [3.05, 3.63) is 23.7 Å². The SMILES string of the molecule is CCc1ccc(CNCC2COC(C)(C)O2)o1. The van der Waals surface area contributed by atoms with Crippen molar-refractivity contribution in [3.63, 3.8) is 0 Å². The van der Waals surface area contributed by atoms with Gasteiger partial charge in [0, 0.05) is 13.0 Å². The highest BCUT2D eigenvalue weighted by molar-refractivity contribution is 5.06. The van der Waals surface area contributed by atoms with Crippen molar-refractivity contribution in [1.29, 1.82) is 0 Å². The molecule has 0 amide bonds. The van der Waals surface area contributed by atoms with E-state index in [2.05, 4.69) is 12.2 Å². The minimum Gasteiger partial charge on any atom is -0.465 e. The lowest BCUT2D eigenvalue weighted by molar-refractivity contribution is -0.137. The van der Waals surface area contributed by atoms with Gasteiger partial charge in [-0.1, -0.05) is 6.92 Å². The average molecular weight is 239 g/mol. The molecule has 0 bridgehead atoms. The third kappa shape index (κ3) is 3.56. The van der Waals surface area contributed by atoms with Gasteiger partial charge in [-0.3, -0.25) is 0 Å². The molecular weight excluding hydrogens is 218 g/mol. The largest absolute Gasteiger partial charge is 0.465 e. The smallest absolute Gasteiger partial charge is 0.163 e. The van der Waals surface area contributed by atoms with Crippen molar-refractivity contribution in [2.24, 2.45) is 0 Å². The molecule has 1 fully saturated rings. The summed E-state index contributed by atoms with van der Waals surface area (Å²) in [5.41, 5.74) is 0. The van der Waals surface area contributed by atoms with Gasteiger partial charge < -0.3 is 19.2 Å². The monoisotopic (exact) mass is 239 g/mol. The number of nitrogens with one attached hydrogen (secondary N) is 1. The first kappa shape index (κ1) is 12.6. The predicted octanol–water partition coefficient (Wildman–Crippen LogP) is 2.08. The molecule has 4 nitrogen and oxygen atoms in total. The van der Waals surface area contributed by atoms with Crippen molar-refractivity contribution < 1.29 is 13.9 Å². The lowest BCUT2D eigenvalue weighted by Crippen LogP contribution is -2.30. The molecule has 17 heavy (non-hydrogen) atoms. The molecule has 1 saturated heterocycles. The Morgan fingerprint density at radius 2 is 2.12 bits per heavy atom. The van der Waals surface area contributed by atoms with E-state index in [1.165, 1.54) is 0 Å². The van der Waals surface area contributed by atoms with E-state index in [1.54, 1.807) is 0 Å². The van der Waals surface area contributed by atoms with Gasteiger partial charge in [-0.25, -0.2) is 0 Å². The van der Waals surface area contributed by atoms with Gasteiger partial charge in [0.15, 0.2) is 5.79 Å². The highest BCUT2D eigenvalue weighted by Crippen LogP contribution is 2.21. The highest BCUT2D eigenvalue weighted by Gasteiger charge is 2.32. The van der Waals surface area contributed by atoms with E-state index >= 15 is 0 Å². The molecule has 1 aliphatic rings. The molecule has 0 saturated carbocycles. The molecule has 1 aliphatic heterocycles. The molecule has 2 rings (SSSR count). The maximum absolute atomic E-state index is 5.70. The van der Waals surface area contributed by atoms with Gasteiger partial charge in [0.2, 0.25) is 0 Å². The van der Waals surface area contributed by atoms with Crippen LogP contribution in [0.4, 0.5) is 0 Å². The van der Waals surface area contributed by atoms with Crippen LogP contribution in [0.3, 0.4) is 0 Å². The highest BCUT2D eigenvalue weighted by atomic mass is 16.7. The van der Waals surface area contributed by atoms with Crippen LogP contribution in [0.25, 0.3) is 0 Å². The zero-order chi connectivity index (χ0) is 12.3. The van der Waals surface area contributed by atoms with Crippen LogP contribution in [0.2, 0.25) is 0 Å². The third-order valence-corrected chi connectivity index (χ3v) is 2.80. The first-order valence-corrected chi connectivity index (χ1v) is 6.19. The van der Waals surface area contributed by atoms with E-state index < -0.39 is 5.79 Å². The van der Waals surface area contributed by atoms with Gasteiger partial charge in [-0.15, -0.1) is 0 Å².